The largest absolute Gasteiger partial charge is 0.481 e. The molecule has 2 aromatic rings. The van der Waals surface area contributed by atoms with Crippen molar-refractivity contribution >= 4 is 11.9 Å². The number of carbonyl (C=O) groups is 2. The number of carboxylic acids is 1. The fourth-order valence-corrected chi connectivity index (χ4v) is 3.66. The molecule has 0 aromatic heterocycles. The summed E-state index contributed by atoms with van der Waals surface area (Å²) < 4.78 is 0. The highest BCUT2D eigenvalue weighted by Crippen LogP contribution is 2.28. The average Bonchev–Trinajstić information content (AvgIpc) is 2.66. The predicted octanol–water partition coefficient (Wildman–Crippen LogP) is 3.34. The third-order valence-corrected chi connectivity index (χ3v) is 5.45. The minimum Gasteiger partial charge on any atom is -0.481 e. The summed E-state index contributed by atoms with van der Waals surface area (Å²) in [6, 6.07) is 17.5. The molecule has 1 amide bonds. The van der Waals surface area contributed by atoms with Crippen LogP contribution in [0, 0.1) is 5.92 Å². The van der Waals surface area contributed by atoms with Crippen molar-refractivity contribution < 1.29 is 14.7 Å². The molecule has 2 atom stereocenters. The maximum absolute atomic E-state index is 12.4. The first kappa shape index (κ1) is 18.2. The highest BCUT2D eigenvalue weighted by atomic mass is 16.4. The molecule has 1 aliphatic rings. The maximum Gasteiger partial charge on any atom is 0.315 e. The number of nitrogens with one attached hydrogen (secondary N) is 1. The second-order valence-electron chi connectivity index (χ2n) is 7.36. The summed E-state index contributed by atoms with van der Waals surface area (Å²) in [5.74, 6) is -0.689. The summed E-state index contributed by atoms with van der Waals surface area (Å²) >= 11 is 0. The highest BCUT2D eigenvalue weighted by Gasteiger charge is 2.35. The lowest BCUT2D eigenvalue weighted by atomic mass is 9.81. The molecule has 136 valence electrons. The Morgan fingerprint density at radius 1 is 1.08 bits per heavy atom. The Morgan fingerprint density at radius 3 is 2.42 bits per heavy atom. The van der Waals surface area contributed by atoms with Gasteiger partial charge in [0.15, 0.2) is 0 Å². The number of rotatable bonds is 6. The van der Waals surface area contributed by atoms with E-state index in [1.54, 1.807) is 19.1 Å². The standard InChI is InChI=1S/C22H25NO3/c1-22(21(25)26,19-9-3-2-4-10-19)15-23-20(24)14-16-11-12-17-7-5-6-8-18(17)13-16/h2-10,16H,11-15H2,1H3,(H,23,24)(H,25,26). The molecular weight excluding hydrogens is 326 g/mol. The Hall–Kier alpha value is -2.62. The van der Waals surface area contributed by atoms with Crippen LogP contribution in [0.3, 0.4) is 0 Å². The number of carboxylic acid groups (broad SMARTS) is 1. The lowest BCUT2D eigenvalue weighted by molar-refractivity contribution is -0.143. The summed E-state index contributed by atoms with van der Waals surface area (Å²) in [6.45, 7) is 1.75. The Balaban J connectivity index is 1.59. The van der Waals surface area contributed by atoms with E-state index in [0.717, 1.165) is 19.3 Å². The van der Waals surface area contributed by atoms with Crippen molar-refractivity contribution in [2.45, 2.75) is 38.0 Å². The maximum atomic E-state index is 12.4. The molecule has 3 rings (SSSR count). The van der Waals surface area contributed by atoms with E-state index in [1.807, 2.05) is 24.3 Å². The van der Waals surface area contributed by atoms with Crippen molar-refractivity contribution in [3.8, 4) is 0 Å². The molecule has 4 heteroatoms. The van der Waals surface area contributed by atoms with Gasteiger partial charge in [0.1, 0.15) is 5.41 Å². The Labute approximate surface area is 154 Å². The molecule has 0 fully saturated rings. The number of aryl methyl sites for hydroxylation is 1. The number of carbonyl (C=O) groups excluding carboxylic acids is 1. The number of amides is 1. The van der Waals surface area contributed by atoms with Crippen molar-refractivity contribution in [2.75, 3.05) is 6.54 Å². The normalized spacial score (nSPS) is 18.4. The zero-order chi connectivity index (χ0) is 18.6. The van der Waals surface area contributed by atoms with Crippen LogP contribution in [-0.4, -0.2) is 23.5 Å². The summed E-state index contributed by atoms with van der Waals surface area (Å²) in [7, 11) is 0. The molecule has 2 unspecified atom stereocenters. The SMILES string of the molecule is CC(CNC(=O)CC1CCc2ccccc2C1)(C(=O)O)c1ccccc1. The fourth-order valence-electron chi connectivity index (χ4n) is 3.66. The Morgan fingerprint density at radius 2 is 1.73 bits per heavy atom. The third kappa shape index (κ3) is 3.96. The number of fused-ring (bicyclic) bond motifs is 1. The molecule has 1 aliphatic carbocycles. The van der Waals surface area contributed by atoms with E-state index in [1.165, 1.54) is 11.1 Å². The van der Waals surface area contributed by atoms with Gasteiger partial charge in [-0.25, -0.2) is 0 Å². The van der Waals surface area contributed by atoms with Gasteiger partial charge in [0.25, 0.3) is 0 Å². The van der Waals surface area contributed by atoms with Crippen molar-refractivity contribution in [3.63, 3.8) is 0 Å². The predicted molar refractivity (Wildman–Crippen MR) is 101 cm³/mol. The molecule has 0 radical (unpaired) electrons. The molecule has 0 spiro atoms. The first-order chi connectivity index (χ1) is 12.5. The lowest BCUT2D eigenvalue weighted by Gasteiger charge is -2.27. The molecule has 0 heterocycles. The lowest BCUT2D eigenvalue weighted by Crippen LogP contribution is -2.44. The van der Waals surface area contributed by atoms with Gasteiger partial charge in [-0.15, -0.1) is 0 Å². The minimum atomic E-state index is -1.13. The molecule has 0 aliphatic heterocycles. The van der Waals surface area contributed by atoms with Gasteiger partial charge in [-0.1, -0.05) is 54.6 Å². The summed E-state index contributed by atoms with van der Waals surface area (Å²) in [5, 5.41) is 12.5. The second kappa shape index (κ2) is 7.73. The van der Waals surface area contributed by atoms with E-state index >= 15 is 0 Å². The van der Waals surface area contributed by atoms with Crippen LogP contribution < -0.4 is 5.32 Å². The quantitative estimate of drug-likeness (QED) is 0.839. The van der Waals surface area contributed by atoms with E-state index in [-0.39, 0.29) is 12.5 Å². The highest BCUT2D eigenvalue weighted by molar-refractivity contribution is 5.83. The van der Waals surface area contributed by atoms with E-state index < -0.39 is 11.4 Å². The average molecular weight is 351 g/mol. The van der Waals surface area contributed by atoms with Crippen LogP contribution in [0.4, 0.5) is 0 Å². The van der Waals surface area contributed by atoms with E-state index in [2.05, 4.69) is 23.5 Å². The van der Waals surface area contributed by atoms with Crippen molar-refractivity contribution in [1.82, 2.24) is 5.32 Å². The van der Waals surface area contributed by atoms with Gasteiger partial charge < -0.3 is 10.4 Å². The van der Waals surface area contributed by atoms with Gasteiger partial charge in [-0.2, -0.15) is 0 Å². The van der Waals surface area contributed by atoms with Gasteiger partial charge in [0.05, 0.1) is 0 Å². The van der Waals surface area contributed by atoms with Crippen LogP contribution in [0.1, 0.15) is 36.5 Å². The Bertz CT molecular complexity index is 787. The summed E-state index contributed by atoms with van der Waals surface area (Å²) in [5.41, 5.74) is 2.28. The molecule has 0 bridgehead atoms. The summed E-state index contributed by atoms with van der Waals surface area (Å²) in [6.07, 6.45) is 3.36. The van der Waals surface area contributed by atoms with Gasteiger partial charge in [0, 0.05) is 13.0 Å². The van der Waals surface area contributed by atoms with Crippen LogP contribution in [0.5, 0.6) is 0 Å². The topological polar surface area (TPSA) is 66.4 Å². The number of hydrogen-bond donors (Lipinski definition) is 2. The molecule has 2 aromatic carbocycles. The molecule has 4 nitrogen and oxygen atoms in total. The first-order valence-corrected chi connectivity index (χ1v) is 9.11. The molecule has 2 N–H and O–H groups in total. The van der Waals surface area contributed by atoms with E-state index in [9.17, 15) is 14.7 Å². The molecule has 26 heavy (non-hydrogen) atoms. The number of hydrogen-bond acceptors (Lipinski definition) is 2. The first-order valence-electron chi connectivity index (χ1n) is 9.11. The van der Waals surface area contributed by atoms with Crippen LogP contribution in [0.25, 0.3) is 0 Å². The molecular formula is C22H25NO3. The van der Waals surface area contributed by atoms with Crippen LogP contribution in [-0.2, 0) is 27.8 Å². The number of benzene rings is 2. The van der Waals surface area contributed by atoms with Crippen molar-refractivity contribution in [2.24, 2.45) is 5.92 Å². The van der Waals surface area contributed by atoms with Crippen LogP contribution >= 0.6 is 0 Å². The van der Waals surface area contributed by atoms with E-state index in [0.29, 0.717) is 17.9 Å². The second-order valence-corrected chi connectivity index (χ2v) is 7.36. The summed E-state index contributed by atoms with van der Waals surface area (Å²) in [4.78, 5) is 24.2. The smallest absolute Gasteiger partial charge is 0.315 e. The van der Waals surface area contributed by atoms with Gasteiger partial charge in [0.2, 0.25) is 5.91 Å². The van der Waals surface area contributed by atoms with Crippen LogP contribution in [0.2, 0.25) is 0 Å². The van der Waals surface area contributed by atoms with Gasteiger partial charge in [-0.05, 0) is 48.8 Å². The van der Waals surface area contributed by atoms with Crippen molar-refractivity contribution in [1.29, 1.82) is 0 Å². The minimum absolute atomic E-state index is 0.0715. The Kier molecular flexibility index (Phi) is 5.40. The van der Waals surface area contributed by atoms with Crippen molar-refractivity contribution in [3.05, 3.63) is 71.3 Å². The zero-order valence-corrected chi connectivity index (χ0v) is 15.1. The molecule has 0 saturated carbocycles. The zero-order valence-electron chi connectivity index (χ0n) is 15.1. The fraction of sp³-hybridized carbons (Fsp3) is 0.364. The molecule has 0 saturated heterocycles. The monoisotopic (exact) mass is 351 g/mol. The van der Waals surface area contributed by atoms with E-state index in [4.69, 9.17) is 0 Å². The van der Waals surface area contributed by atoms with Gasteiger partial charge >= 0.3 is 5.97 Å². The van der Waals surface area contributed by atoms with Gasteiger partial charge in [-0.3, -0.25) is 9.59 Å². The number of aliphatic carboxylic acids is 1. The van der Waals surface area contributed by atoms with Crippen LogP contribution in [0.15, 0.2) is 54.6 Å². The third-order valence-electron chi connectivity index (χ3n) is 5.45.